The average molecular weight is 349 g/mol. The first-order chi connectivity index (χ1) is 11.0. The number of hydrogen-bond donors (Lipinski definition) is 2. The lowest BCUT2D eigenvalue weighted by Crippen LogP contribution is -2.45. The van der Waals surface area contributed by atoms with Crippen LogP contribution >= 0.6 is 0 Å². The predicted molar refractivity (Wildman–Crippen MR) is 94.2 cm³/mol. The fourth-order valence-corrected chi connectivity index (χ4v) is 3.61. The minimum absolute atomic E-state index is 0.0728. The van der Waals surface area contributed by atoms with Gasteiger partial charge in [0.15, 0.2) is 5.96 Å². The lowest BCUT2D eigenvalue weighted by molar-refractivity contribution is 0.0730. The minimum Gasteiger partial charge on any atom is -0.379 e. The molecule has 136 valence electrons. The van der Waals surface area contributed by atoms with E-state index in [1.165, 1.54) is 4.31 Å². The summed E-state index contributed by atoms with van der Waals surface area (Å²) in [7, 11) is -3.22. The Hall–Kier alpha value is -0.860. The molecule has 0 amide bonds. The van der Waals surface area contributed by atoms with Gasteiger partial charge in [0.1, 0.15) is 0 Å². The van der Waals surface area contributed by atoms with Crippen molar-refractivity contribution in [1.29, 1.82) is 0 Å². The normalized spacial score (nSPS) is 17.5. The van der Waals surface area contributed by atoms with Crippen LogP contribution in [-0.4, -0.2) is 70.4 Å². The van der Waals surface area contributed by atoms with Crippen molar-refractivity contribution in [2.45, 2.75) is 33.6 Å². The molecule has 7 nitrogen and oxygen atoms in total. The predicted octanol–water partition coefficient (Wildman–Crippen LogP) is 0.640. The van der Waals surface area contributed by atoms with E-state index < -0.39 is 10.0 Å². The van der Waals surface area contributed by atoms with Gasteiger partial charge in [-0.3, -0.25) is 4.99 Å². The van der Waals surface area contributed by atoms with Crippen molar-refractivity contribution in [2.75, 3.05) is 51.7 Å². The van der Waals surface area contributed by atoms with Gasteiger partial charge in [0.05, 0.1) is 19.0 Å². The lowest BCUT2D eigenvalue weighted by Gasteiger charge is -2.26. The fraction of sp³-hybridized carbons (Fsp3) is 0.933. The first-order valence-corrected chi connectivity index (χ1v) is 10.1. The van der Waals surface area contributed by atoms with Gasteiger partial charge in [-0.25, -0.2) is 8.42 Å². The summed E-state index contributed by atoms with van der Waals surface area (Å²) < 4.78 is 31.2. The van der Waals surface area contributed by atoms with E-state index in [4.69, 9.17) is 4.74 Å². The van der Waals surface area contributed by atoms with Gasteiger partial charge in [-0.05, 0) is 25.7 Å². The number of aliphatic imine (C=N–C) groups is 1. The van der Waals surface area contributed by atoms with Crippen LogP contribution in [0, 0.1) is 5.92 Å². The van der Waals surface area contributed by atoms with Gasteiger partial charge in [-0.2, -0.15) is 4.31 Å². The molecule has 0 unspecified atom stereocenters. The number of nitrogens with one attached hydrogen (secondary N) is 2. The largest absolute Gasteiger partial charge is 0.379 e. The third-order valence-corrected chi connectivity index (χ3v) is 5.44. The summed E-state index contributed by atoms with van der Waals surface area (Å²) in [6.07, 6.45) is 2.19. The molecular weight excluding hydrogens is 316 g/mol. The molecule has 1 fully saturated rings. The maximum atomic E-state index is 12.2. The molecule has 0 aromatic heterocycles. The van der Waals surface area contributed by atoms with Crippen LogP contribution in [0.5, 0.6) is 0 Å². The van der Waals surface area contributed by atoms with E-state index in [9.17, 15) is 8.42 Å². The highest BCUT2D eigenvalue weighted by molar-refractivity contribution is 7.89. The van der Waals surface area contributed by atoms with Gasteiger partial charge >= 0.3 is 0 Å². The molecule has 0 bridgehead atoms. The molecule has 8 heteroatoms. The zero-order valence-electron chi connectivity index (χ0n) is 14.7. The molecule has 2 N–H and O–H groups in total. The van der Waals surface area contributed by atoms with Crippen molar-refractivity contribution in [2.24, 2.45) is 10.9 Å². The van der Waals surface area contributed by atoms with E-state index in [1.54, 1.807) is 0 Å². The van der Waals surface area contributed by atoms with Crippen molar-refractivity contribution < 1.29 is 13.2 Å². The van der Waals surface area contributed by atoms with E-state index in [2.05, 4.69) is 29.5 Å². The molecule has 1 saturated heterocycles. The Morgan fingerprint density at radius 1 is 1.26 bits per heavy atom. The summed E-state index contributed by atoms with van der Waals surface area (Å²) in [6, 6.07) is 0. The molecular formula is C15H32N4O3S. The number of hydrogen-bond acceptors (Lipinski definition) is 4. The average Bonchev–Trinajstić information content (AvgIpc) is 2.52. The number of rotatable bonds is 9. The van der Waals surface area contributed by atoms with Gasteiger partial charge in [-0.1, -0.05) is 13.8 Å². The standard InChI is InChI=1S/C15H32N4O3S/c1-4-16-15(17-7-5-6-14(2)3)18-8-13-23(20,21)19-9-11-22-12-10-19/h14H,4-13H2,1-3H3,(H2,16,17,18). The Labute approximate surface area is 140 Å². The molecule has 0 aromatic rings. The molecule has 23 heavy (non-hydrogen) atoms. The summed E-state index contributed by atoms with van der Waals surface area (Å²) in [5.41, 5.74) is 0. The third-order valence-electron chi connectivity index (χ3n) is 3.57. The van der Waals surface area contributed by atoms with Crippen molar-refractivity contribution >= 4 is 16.0 Å². The Kier molecular flexibility index (Phi) is 9.50. The Balaban J connectivity index is 2.37. The Morgan fingerprint density at radius 2 is 1.96 bits per heavy atom. The Bertz CT molecular complexity index is 446. The van der Waals surface area contributed by atoms with Crippen LogP contribution in [0.1, 0.15) is 33.6 Å². The topological polar surface area (TPSA) is 83.0 Å². The monoisotopic (exact) mass is 348 g/mol. The Morgan fingerprint density at radius 3 is 2.57 bits per heavy atom. The van der Waals surface area contributed by atoms with E-state index >= 15 is 0 Å². The van der Waals surface area contributed by atoms with Crippen molar-refractivity contribution in [3.05, 3.63) is 0 Å². The van der Waals surface area contributed by atoms with Gasteiger partial charge in [0, 0.05) is 32.7 Å². The molecule has 1 aliphatic heterocycles. The van der Waals surface area contributed by atoms with Gasteiger partial charge in [0.25, 0.3) is 0 Å². The first kappa shape index (κ1) is 20.2. The van der Waals surface area contributed by atoms with Gasteiger partial charge in [-0.15, -0.1) is 0 Å². The van der Waals surface area contributed by atoms with E-state index in [-0.39, 0.29) is 5.75 Å². The maximum Gasteiger partial charge on any atom is 0.215 e. The number of sulfonamides is 1. The molecule has 0 aromatic carbocycles. The number of guanidine groups is 1. The summed E-state index contributed by atoms with van der Waals surface area (Å²) in [4.78, 5) is 4.48. The lowest BCUT2D eigenvalue weighted by atomic mass is 10.1. The molecule has 1 heterocycles. The molecule has 0 radical (unpaired) electrons. The van der Waals surface area contributed by atoms with Crippen molar-refractivity contribution in [3.63, 3.8) is 0 Å². The maximum absolute atomic E-state index is 12.2. The summed E-state index contributed by atoms with van der Waals surface area (Å²) in [5, 5.41) is 6.25. The second-order valence-corrected chi connectivity index (χ2v) is 8.14. The highest BCUT2D eigenvalue weighted by Gasteiger charge is 2.23. The summed E-state index contributed by atoms with van der Waals surface area (Å²) in [5.74, 6) is 1.44. The van der Waals surface area contributed by atoms with Crippen LogP contribution in [0.3, 0.4) is 0 Å². The fourth-order valence-electron chi connectivity index (χ4n) is 2.28. The molecule has 0 aliphatic carbocycles. The second-order valence-electron chi connectivity index (χ2n) is 6.05. The smallest absolute Gasteiger partial charge is 0.215 e. The summed E-state index contributed by atoms with van der Waals surface area (Å²) in [6.45, 7) is 10.1. The quantitative estimate of drug-likeness (QED) is 0.363. The first-order valence-electron chi connectivity index (χ1n) is 8.53. The SMILES string of the molecule is CCNC(=NCCCC(C)C)NCCS(=O)(=O)N1CCOCC1. The number of morpholine rings is 1. The van der Waals surface area contributed by atoms with Crippen LogP contribution in [0.4, 0.5) is 0 Å². The van der Waals surface area contributed by atoms with E-state index in [0.29, 0.717) is 44.7 Å². The highest BCUT2D eigenvalue weighted by atomic mass is 32.2. The van der Waals surface area contributed by atoms with Crippen LogP contribution < -0.4 is 10.6 Å². The number of nitrogens with zero attached hydrogens (tertiary/aromatic N) is 2. The van der Waals surface area contributed by atoms with Crippen LogP contribution in [0.2, 0.25) is 0 Å². The van der Waals surface area contributed by atoms with Crippen LogP contribution in [0.25, 0.3) is 0 Å². The van der Waals surface area contributed by atoms with E-state index in [0.717, 1.165) is 25.9 Å². The number of ether oxygens (including phenoxy) is 1. The second kappa shape index (κ2) is 10.8. The molecule has 0 saturated carbocycles. The van der Waals surface area contributed by atoms with Crippen molar-refractivity contribution in [1.82, 2.24) is 14.9 Å². The van der Waals surface area contributed by atoms with Gasteiger partial charge < -0.3 is 15.4 Å². The van der Waals surface area contributed by atoms with Gasteiger partial charge in [0.2, 0.25) is 10.0 Å². The van der Waals surface area contributed by atoms with Crippen LogP contribution in [0.15, 0.2) is 4.99 Å². The molecule has 1 rings (SSSR count). The zero-order valence-corrected chi connectivity index (χ0v) is 15.5. The minimum atomic E-state index is -3.22. The highest BCUT2D eigenvalue weighted by Crippen LogP contribution is 2.05. The molecule has 1 aliphatic rings. The zero-order chi connectivity index (χ0) is 17.1. The van der Waals surface area contributed by atoms with Crippen molar-refractivity contribution in [3.8, 4) is 0 Å². The third kappa shape index (κ3) is 8.53. The summed E-state index contributed by atoms with van der Waals surface area (Å²) >= 11 is 0. The molecule has 0 atom stereocenters. The van der Waals surface area contributed by atoms with Crippen LogP contribution in [-0.2, 0) is 14.8 Å². The van der Waals surface area contributed by atoms with E-state index in [1.807, 2.05) is 6.92 Å². The molecule has 0 spiro atoms.